The topological polar surface area (TPSA) is 77.3 Å². The summed E-state index contributed by atoms with van der Waals surface area (Å²) in [7, 11) is 0. The van der Waals surface area contributed by atoms with Crippen LogP contribution in [0.3, 0.4) is 0 Å². The molecule has 0 amide bonds. The number of halogens is 2. The van der Waals surface area contributed by atoms with Crippen LogP contribution >= 0.6 is 31.9 Å². The molecule has 3 aromatic heterocycles. The van der Waals surface area contributed by atoms with E-state index in [1.54, 1.807) is 31.0 Å². The van der Waals surface area contributed by atoms with Crippen molar-refractivity contribution in [2.45, 2.75) is 3.74 Å². The smallest absolute Gasteiger partial charge is 0.119 e. The van der Waals surface area contributed by atoms with Gasteiger partial charge in [-0.3, -0.25) is 24.9 Å². The molecule has 0 aliphatic carbocycles. The van der Waals surface area contributed by atoms with Gasteiger partial charge in [-0.1, -0.05) is 31.9 Å². The molecule has 0 aliphatic heterocycles. The van der Waals surface area contributed by atoms with E-state index in [9.17, 15) is 0 Å². The van der Waals surface area contributed by atoms with Crippen molar-refractivity contribution in [2.75, 3.05) is 0 Å². The van der Waals surface area contributed by atoms with E-state index in [2.05, 4.69) is 61.8 Å². The van der Waals surface area contributed by atoms with Crippen LogP contribution in [0.4, 0.5) is 0 Å². The second-order valence-corrected chi connectivity index (χ2v) is 7.36. The van der Waals surface area contributed by atoms with Crippen LogP contribution in [0.2, 0.25) is 0 Å². The average molecular weight is 406 g/mol. The predicted octanol–water partition coefficient (Wildman–Crippen LogP) is 3.30. The molecular formula is C13H6Br2N6. The van der Waals surface area contributed by atoms with Crippen molar-refractivity contribution in [3.63, 3.8) is 0 Å². The van der Waals surface area contributed by atoms with Gasteiger partial charge in [-0.15, -0.1) is 0 Å². The summed E-state index contributed by atoms with van der Waals surface area (Å²) >= 11 is 6.86. The molecule has 0 saturated carbocycles. The van der Waals surface area contributed by atoms with Crippen molar-refractivity contribution < 1.29 is 0 Å². The normalized spacial score (nSPS) is 11.8. The van der Waals surface area contributed by atoms with E-state index >= 15 is 0 Å². The SMILES string of the molecule is BrC(Br)c1cnc2c3nccnc3c3nccnc3c2n1. The van der Waals surface area contributed by atoms with Crippen LogP contribution in [0.1, 0.15) is 9.43 Å². The Kier molecular flexibility index (Phi) is 3.00. The van der Waals surface area contributed by atoms with Gasteiger partial charge < -0.3 is 0 Å². The highest BCUT2D eigenvalue weighted by molar-refractivity contribution is 9.24. The zero-order valence-electron chi connectivity index (χ0n) is 10.4. The number of rotatable bonds is 1. The maximum atomic E-state index is 4.63. The van der Waals surface area contributed by atoms with E-state index < -0.39 is 0 Å². The van der Waals surface area contributed by atoms with Crippen molar-refractivity contribution in [3.05, 3.63) is 36.7 Å². The number of hydrogen-bond acceptors (Lipinski definition) is 6. The first kappa shape index (κ1) is 12.9. The van der Waals surface area contributed by atoms with Gasteiger partial charge in [0, 0.05) is 24.8 Å². The lowest BCUT2D eigenvalue weighted by molar-refractivity contribution is 1.16. The molecule has 0 unspecified atom stereocenters. The number of aromatic nitrogens is 6. The molecule has 1 aromatic carbocycles. The third-order valence-electron chi connectivity index (χ3n) is 3.08. The molecule has 4 aromatic rings. The minimum atomic E-state index is -0.0776. The van der Waals surface area contributed by atoms with E-state index in [0.717, 1.165) is 5.69 Å². The Morgan fingerprint density at radius 3 is 1.52 bits per heavy atom. The summed E-state index contributed by atoms with van der Waals surface area (Å²) in [6, 6.07) is 0. The Morgan fingerprint density at radius 2 is 1.05 bits per heavy atom. The largest absolute Gasteiger partial charge is 0.251 e. The molecule has 0 bridgehead atoms. The summed E-state index contributed by atoms with van der Waals surface area (Å²) in [5.74, 6) is 0. The van der Waals surface area contributed by atoms with Crippen LogP contribution < -0.4 is 0 Å². The van der Waals surface area contributed by atoms with E-state index in [-0.39, 0.29) is 3.74 Å². The molecule has 0 spiro atoms. The summed E-state index contributed by atoms with van der Waals surface area (Å²) < 4.78 is -0.0776. The summed E-state index contributed by atoms with van der Waals surface area (Å²) in [6.07, 6.45) is 8.25. The van der Waals surface area contributed by atoms with Crippen molar-refractivity contribution in [3.8, 4) is 0 Å². The zero-order valence-corrected chi connectivity index (χ0v) is 13.6. The number of nitrogens with zero attached hydrogens (tertiary/aromatic N) is 6. The Bertz CT molecular complexity index is 953. The van der Waals surface area contributed by atoms with E-state index in [4.69, 9.17) is 0 Å². The Hall–Kier alpha value is -1.80. The van der Waals surface area contributed by atoms with Crippen molar-refractivity contribution >= 4 is 65.0 Å². The molecule has 0 radical (unpaired) electrons. The van der Waals surface area contributed by atoms with Gasteiger partial charge in [0.2, 0.25) is 0 Å². The molecule has 3 heterocycles. The number of hydrogen-bond donors (Lipinski definition) is 0. The molecule has 0 N–H and O–H groups in total. The first-order valence-corrected chi connectivity index (χ1v) is 7.87. The molecular weight excluding hydrogens is 400 g/mol. The van der Waals surface area contributed by atoms with Gasteiger partial charge in [-0.25, -0.2) is 4.98 Å². The fourth-order valence-corrected chi connectivity index (χ4v) is 2.66. The fourth-order valence-electron chi connectivity index (χ4n) is 2.22. The van der Waals surface area contributed by atoms with Crippen LogP contribution in [0.25, 0.3) is 33.1 Å². The Morgan fingerprint density at radius 1 is 0.619 bits per heavy atom. The van der Waals surface area contributed by atoms with Crippen LogP contribution in [0.15, 0.2) is 31.0 Å². The van der Waals surface area contributed by atoms with Gasteiger partial charge >= 0.3 is 0 Å². The molecule has 6 nitrogen and oxygen atoms in total. The minimum absolute atomic E-state index is 0.0776. The van der Waals surface area contributed by atoms with E-state index in [0.29, 0.717) is 33.1 Å². The molecule has 102 valence electrons. The summed E-state index contributed by atoms with van der Waals surface area (Å²) in [6.45, 7) is 0. The minimum Gasteiger partial charge on any atom is -0.251 e. The van der Waals surface area contributed by atoms with E-state index in [1.807, 2.05) is 0 Å². The number of benzene rings is 1. The van der Waals surface area contributed by atoms with Crippen LogP contribution in [-0.4, -0.2) is 29.9 Å². The number of alkyl halides is 2. The van der Waals surface area contributed by atoms with Gasteiger partial charge in [0.15, 0.2) is 0 Å². The highest BCUT2D eigenvalue weighted by atomic mass is 79.9. The Balaban J connectivity index is 2.30. The van der Waals surface area contributed by atoms with Crippen molar-refractivity contribution in [1.82, 2.24) is 29.9 Å². The molecule has 4 rings (SSSR count). The quantitative estimate of drug-likeness (QED) is 0.357. The molecule has 21 heavy (non-hydrogen) atoms. The lowest BCUT2D eigenvalue weighted by atomic mass is 10.2. The lowest BCUT2D eigenvalue weighted by Crippen LogP contribution is -1.98. The van der Waals surface area contributed by atoms with Crippen molar-refractivity contribution in [2.24, 2.45) is 0 Å². The molecule has 0 atom stereocenters. The highest BCUT2D eigenvalue weighted by Gasteiger charge is 2.16. The first-order valence-electron chi connectivity index (χ1n) is 6.04. The van der Waals surface area contributed by atoms with Gasteiger partial charge in [0.05, 0.1) is 11.9 Å². The molecule has 0 fully saturated rings. The third-order valence-corrected chi connectivity index (χ3v) is 4.02. The van der Waals surface area contributed by atoms with Gasteiger partial charge in [-0.05, 0) is 0 Å². The van der Waals surface area contributed by atoms with Gasteiger partial charge in [-0.2, -0.15) is 0 Å². The van der Waals surface area contributed by atoms with Crippen LogP contribution in [0.5, 0.6) is 0 Å². The second kappa shape index (κ2) is 4.88. The van der Waals surface area contributed by atoms with Crippen LogP contribution in [-0.2, 0) is 0 Å². The Labute approximate surface area is 135 Å². The highest BCUT2D eigenvalue weighted by Crippen LogP contribution is 2.32. The molecule has 8 heteroatoms. The maximum absolute atomic E-state index is 4.63. The van der Waals surface area contributed by atoms with Gasteiger partial charge in [0.1, 0.15) is 36.8 Å². The number of fused-ring (bicyclic) bond motifs is 6. The molecule has 0 saturated heterocycles. The predicted molar refractivity (Wildman–Crippen MR) is 86.3 cm³/mol. The summed E-state index contributed by atoms with van der Waals surface area (Å²) in [4.78, 5) is 26.6. The summed E-state index contributed by atoms with van der Waals surface area (Å²) in [5.41, 5.74) is 4.83. The monoisotopic (exact) mass is 404 g/mol. The first-order chi connectivity index (χ1) is 10.3. The van der Waals surface area contributed by atoms with Crippen molar-refractivity contribution in [1.29, 1.82) is 0 Å². The fraction of sp³-hybridized carbons (Fsp3) is 0.0769. The lowest BCUT2D eigenvalue weighted by Gasteiger charge is -2.07. The zero-order chi connectivity index (χ0) is 14.4. The van der Waals surface area contributed by atoms with Gasteiger partial charge in [0.25, 0.3) is 0 Å². The third kappa shape index (κ3) is 1.97. The second-order valence-electron chi connectivity index (χ2n) is 4.30. The summed E-state index contributed by atoms with van der Waals surface area (Å²) in [5, 5.41) is 0. The maximum Gasteiger partial charge on any atom is 0.119 e. The standard InChI is InChI=1S/C13H6Br2N6/c14-13(15)6-5-20-11-9-7(16-1-2-18-9)8-10(12(11)21-6)19-4-3-17-8/h1-5,13H. The van der Waals surface area contributed by atoms with Crippen LogP contribution in [0, 0.1) is 0 Å². The van der Waals surface area contributed by atoms with E-state index in [1.165, 1.54) is 0 Å². The average Bonchev–Trinajstić information content (AvgIpc) is 2.54. The molecule has 0 aliphatic rings.